The summed E-state index contributed by atoms with van der Waals surface area (Å²) in [4.78, 5) is 17.0. The standard InChI is InChI=1S/C28H20N3O.C13H12N.Ir/c1-16-7-9-19-14-29-15-25(24(19)11-16)23-12-26(30-13-17(23)2)22-6-4-5-20-21-10-8-18(3)31-28(21)32-27(20)22;1-10-3-6-12(7-4-10)13-8-5-11(2)9-14-13;/h4-5,7-15H,1-3H3;3-6,8-9H,1-2H3;/q2*-1;/i1D3,2D3,3D3;1D3,2D3;. The molecule has 5 aromatic heterocycles. The minimum Gasteiger partial charge on any atom is -0.486 e. The van der Waals surface area contributed by atoms with E-state index in [9.17, 15) is 0 Å². The molecule has 6 heteroatoms. The topological polar surface area (TPSA) is 64.7 Å². The summed E-state index contributed by atoms with van der Waals surface area (Å²) in [5.74, 6) is 0. The van der Waals surface area contributed by atoms with Crippen LogP contribution in [-0.2, 0) is 20.1 Å². The Balaban J connectivity index is 0.000000258. The average Bonchev–Trinajstić information content (AvgIpc) is 3.57. The Hall–Kier alpha value is -5.03. The fourth-order valence-electron chi connectivity index (χ4n) is 5.14. The van der Waals surface area contributed by atoms with Crippen molar-refractivity contribution in [1.82, 2.24) is 19.9 Å². The van der Waals surface area contributed by atoms with Gasteiger partial charge in [-0.05, 0) is 73.0 Å². The molecule has 47 heavy (non-hydrogen) atoms. The molecule has 5 heterocycles. The second kappa shape index (κ2) is 13.4. The molecule has 0 fully saturated rings. The van der Waals surface area contributed by atoms with Gasteiger partial charge in [0.1, 0.15) is 0 Å². The fraction of sp³-hybridized carbons (Fsp3) is 0.122. The van der Waals surface area contributed by atoms with E-state index in [1.807, 2.05) is 0 Å². The maximum Gasteiger partial charge on any atom is 0.216 e. The van der Waals surface area contributed by atoms with Crippen LogP contribution in [0.3, 0.4) is 0 Å². The smallest absolute Gasteiger partial charge is 0.216 e. The quantitative estimate of drug-likeness (QED) is 0.167. The summed E-state index contributed by atoms with van der Waals surface area (Å²) in [6.07, 6.45) is 5.66. The molecular weight excluding hydrogens is 757 g/mol. The molecule has 0 amide bonds. The first-order chi connectivity index (χ1) is 28.4. The molecule has 0 aliphatic rings. The van der Waals surface area contributed by atoms with Gasteiger partial charge in [0, 0.05) is 87.5 Å². The molecule has 8 rings (SSSR count). The Morgan fingerprint density at radius 3 is 2.32 bits per heavy atom. The predicted octanol–water partition coefficient (Wildman–Crippen LogP) is 10.1. The van der Waals surface area contributed by atoms with Crippen LogP contribution in [-0.4, -0.2) is 19.9 Å². The van der Waals surface area contributed by atoms with Crippen molar-refractivity contribution in [3.05, 3.63) is 144 Å². The van der Waals surface area contributed by atoms with Gasteiger partial charge in [-0.3, -0.25) is 4.98 Å². The Kier molecular flexibility index (Phi) is 5.22. The number of benzene rings is 3. The van der Waals surface area contributed by atoms with Crippen LogP contribution in [0.5, 0.6) is 0 Å². The van der Waals surface area contributed by atoms with Crippen molar-refractivity contribution in [3.63, 3.8) is 0 Å². The maximum absolute atomic E-state index is 8.16. The second-order valence-electron chi connectivity index (χ2n) is 10.4. The summed E-state index contributed by atoms with van der Waals surface area (Å²) in [5.41, 5.74) is 3.54. The SMILES string of the molecule is [2H]C([2H])([2H])c1c[c-]c(-c2ccc(C([2H])([2H])[2H])cn2)cc1.[2H]C([2H])([2H])c1ccc2cncc(-c3cc(-c4[c-]ccc5c4oc4nc(C([2H])([2H])[2H])ccc45)ncc3C([2H])([2H])[2H])c2c1.[Ir]. The number of rotatable bonds is 3. The van der Waals surface area contributed by atoms with Gasteiger partial charge < -0.3 is 14.4 Å². The van der Waals surface area contributed by atoms with Crippen molar-refractivity contribution in [2.75, 3.05) is 0 Å². The average molecular weight is 804 g/mol. The Labute approximate surface area is 309 Å². The zero-order chi connectivity index (χ0) is 44.3. The van der Waals surface area contributed by atoms with E-state index in [4.69, 9.17) is 25.0 Å². The molecule has 0 aliphatic heterocycles. The molecule has 1 radical (unpaired) electrons. The van der Waals surface area contributed by atoms with Gasteiger partial charge in [-0.25, -0.2) is 4.98 Å². The molecule has 0 aliphatic carbocycles. The van der Waals surface area contributed by atoms with Crippen molar-refractivity contribution < 1.29 is 45.1 Å². The Morgan fingerprint density at radius 2 is 1.53 bits per heavy atom. The van der Waals surface area contributed by atoms with Gasteiger partial charge in [0.05, 0.1) is 5.58 Å². The predicted molar refractivity (Wildman–Crippen MR) is 187 cm³/mol. The van der Waals surface area contributed by atoms with E-state index >= 15 is 0 Å². The van der Waals surface area contributed by atoms with E-state index < -0.39 is 34.3 Å². The molecule has 0 spiro atoms. The van der Waals surface area contributed by atoms with E-state index in [2.05, 4.69) is 32.1 Å². The van der Waals surface area contributed by atoms with Crippen LogP contribution < -0.4 is 0 Å². The van der Waals surface area contributed by atoms with Gasteiger partial charge >= 0.3 is 0 Å². The largest absolute Gasteiger partial charge is 0.486 e. The molecular formula is C41H32IrN4O-2. The molecule has 0 unspecified atom stereocenters. The number of nitrogens with zero attached hydrogens (tertiary/aromatic N) is 4. The van der Waals surface area contributed by atoms with Crippen LogP contribution in [0.4, 0.5) is 0 Å². The number of pyridine rings is 4. The van der Waals surface area contributed by atoms with Gasteiger partial charge in [-0.2, -0.15) is 0 Å². The van der Waals surface area contributed by atoms with Crippen LogP contribution >= 0.6 is 0 Å². The summed E-state index contributed by atoms with van der Waals surface area (Å²) in [6, 6.07) is 26.3. The third-order valence-corrected chi connectivity index (χ3v) is 7.36. The van der Waals surface area contributed by atoms with Crippen molar-refractivity contribution in [3.8, 4) is 33.6 Å². The van der Waals surface area contributed by atoms with Crippen molar-refractivity contribution in [2.45, 2.75) is 34.3 Å². The molecule has 0 N–H and O–H groups in total. The summed E-state index contributed by atoms with van der Waals surface area (Å²) in [5, 5.41) is 2.45. The molecule has 3 aromatic carbocycles. The minimum atomic E-state index is -2.53. The van der Waals surface area contributed by atoms with Gasteiger partial charge in [0.25, 0.3) is 0 Å². The monoisotopic (exact) mass is 804 g/mol. The van der Waals surface area contributed by atoms with Crippen LogP contribution in [0.15, 0.2) is 108 Å². The number of fused-ring (bicyclic) bond motifs is 4. The van der Waals surface area contributed by atoms with Crippen LogP contribution in [0.1, 0.15) is 48.5 Å². The summed E-state index contributed by atoms with van der Waals surface area (Å²) in [6.45, 7) is -11.6. The minimum absolute atomic E-state index is 0. The molecule has 0 bridgehead atoms. The normalized spacial score (nSPS) is 17.0. The Bertz CT molecular complexity index is 2840. The number of hydrogen-bond donors (Lipinski definition) is 0. The van der Waals surface area contributed by atoms with Crippen molar-refractivity contribution in [1.29, 1.82) is 0 Å². The van der Waals surface area contributed by atoms with E-state index in [1.54, 1.807) is 48.7 Å². The second-order valence-corrected chi connectivity index (χ2v) is 10.4. The van der Waals surface area contributed by atoms with E-state index in [0.29, 0.717) is 60.8 Å². The van der Waals surface area contributed by atoms with Crippen LogP contribution in [0, 0.1) is 46.4 Å². The maximum atomic E-state index is 8.16. The van der Waals surface area contributed by atoms with Gasteiger partial charge in [-0.1, -0.05) is 59.8 Å². The van der Waals surface area contributed by atoms with E-state index in [1.165, 1.54) is 55.0 Å². The van der Waals surface area contributed by atoms with E-state index in [-0.39, 0.29) is 53.8 Å². The summed E-state index contributed by atoms with van der Waals surface area (Å²) >= 11 is 0. The zero-order valence-electron chi connectivity index (χ0n) is 39.3. The first-order valence-electron chi connectivity index (χ1n) is 21.5. The fourth-order valence-corrected chi connectivity index (χ4v) is 5.14. The molecule has 233 valence electrons. The van der Waals surface area contributed by atoms with Gasteiger partial charge in [0.2, 0.25) is 5.71 Å². The number of hydrogen-bond acceptors (Lipinski definition) is 5. The number of aryl methyl sites for hydroxylation is 5. The molecule has 0 saturated heterocycles. The molecule has 0 atom stereocenters. The first kappa shape index (κ1) is 18.3. The van der Waals surface area contributed by atoms with Gasteiger partial charge in [0.15, 0.2) is 0 Å². The first-order valence-corrected chi connectivity index (χ1v) is 14.0. The molecule has 8 aromatic rings. The van der Waals surface area contributed by atoms with Crippen LogP contribution in [0.25, 0.3) is 66.5 Å². The van der Waals surface area contributed by atoms with Crippen LogP contribution in [0.2, 0.25) is 0 Å². The summed E-state index contributed by atoms with van der Waals surface area (Å²) < 4.78 is 121. The van der Waals surface area contributed by atoms with E-state index in [0.717, 1.165) is 0 Å². The zero-order valence-corrected chi connectivity index (χ0v) is 26.7. The van der Waals surface area contributed by atoms with Crippen molar-refractivity contribution >= 4 is 32.8 Å². The summed E-state index contributed by atoms with van der Waals surface area (Å²) in [7, 11) is 0. The van der Waals surface area contributed by atoms with Gasteiger partial charge in [-0.15, -0.1) is 53.6 Å². The molecule has 0 saturated carbocycles. The third-order valence-electron chi connectivity index (χ3n) is 7.36. The van der Waals surface area contributed by atoms with Crippen molar-refractivity contribution in [2.24, 2.45) is 0 Å². The number of aromatic nitrogens is 4. The molecule has 5 nitrogen and oxygen atoms in total. The Morgan fingerprint density at radius 1 is 0.660 bits per heavy atom. The number of furan rings is 1. The third kappa shape index (κ3) is 6.48.